The number of nitro groups is 2. The first-order valence-corrected chi connectivity index (χ1v) is 6.05. The molecule has 1 N–H and O–H groups in total. The van der Waals surface area contributed by atoms with Gasteiger partial charge in [0.25, 0.3) is 11.6 Å². The molecule has 0 saturated heterocycles. The molecule has 2 aromatic rings. The van der Waals surface area contributed by atoms with Gasteiger partial charge in [-0.05, 0) is 13.0 Å². The molecule has 2 rings (SSSR count). The number of nitro benzene ring substituents is 1. The van der Waals surface area contributed by atoms with Crippen molar-refractivity contribution >= 4 is 23.0 Å². The van der Waals surface area contributed by atoms with Gasteiger partial charge >= 0.3 is 5.69 Å². The fourth-order valence-corrected chi connectivity index (χ4v) is 2.04. The summed E-state index contributed by atoms with van der Waals surface area (Å²) in [5.74, 6) is -0.843. The van der Waals surface area contributed by atoms with E-state index >= 15 is 0 Å². The smallest absolute Gasteiger partial charge is 0.315 e. The molecule has 1 aromatic heterocycles. The predicted molar refractivity (Wildman–Crippen MR) is 75.6 cm³/mol. The number of anilines is 1. The molecule has 10 heteroatoms. The molecule has 0 aliphatic rings. The van der Waals surface area contributed by atoms with Crippen LogP contribution in [0.2, 0.25) is 0 Å². The lowest BCUT2D eigenvalue weighted by molar-refractivity contribution is -0.385. The van der Waals surface area contributed by atoms with E-state index in [0.29, 0.717) is 0 Å². The Hall–Kier alpha value is -3.30. The van der Waals surface area contributed by atoms with Crippen LogP contribution in [-0.2, 0) is 7.05 Å². The van der Waals surface area contributed by atoms with E-state index in [4.69, 9.17) is 0 Å². The molecule has 22 heavy (non-hydrogen) atoms. The number of nitrogens with zero attached hydrogens (tertiary/aromatic N) is 4. The summed E-state index contributed by atoms with van der Waals surface area (Å²) >= 11 is 0. The molecule has 1 heterocycles. The molecule has 0 spiro atoms. The Morgan fingerprint density at radius 2 is 1.86 bits per heavy atom. The Labute approximate surface area is 123 Å². The van der Waals surface area contributed by atoms with E-state index in [0.717, 1.165) is 4.68 Å². The third kappa shape index (κ3) is 2.61. The van der Waals surface area contributed by atoms with Crippen LogP contribution in [0.4, 0.5) is 17.1 Å². The number of hydrogen-bond donors (Lipinski definition) is 1. The molecular formula is C12H11N5O5. The number of nitrogens with one attached hydrogen (secondary N) is 1. The highest BCUT2D eigenvalue weighted by atomic mass is 16.6. The first-order valence-electron chi connectivity index (χ1n) is 6.05. The van der Waals surface area contributed by atoms with E-state index in [1.807, 2.05) is 0 Å². The largest absolute Gasteiger partial charge is 0.322 e. The Morgan fingerprint density at radius 3 is 2.45 bits per heavy atom. The monoisotopic (exact) mass is 305 g/mol. The van der Waals surface area contributed by atoms with Gasteiger partial charge in [0.2, 0.25) is 5.69 Å². The van der Waals surface area contributed by atoms with Crippen molar-refractivity contribution < 1.29 is 14.6 Å². The van der Waals surface area contributed by atoms with Gasteiger partial charge in [0.1, 0.15) is 11.4 Å². The zero-order chi connectivity index (χ0) is 16.4. The molecule has 0 atom stereocenters. The highest BCUT2D eigenvalue weighted by molar-refractivity contribution is 6.07. The molecule has 0 aliphatic heterocycles. The van der Waals surface area contributed by atoms with Crippen LogP contribution in [0.15, 0.2) is 24.3 Å². The topological polar surface area (TPSA) is 133 Å². The molecule has 0 radical (unpaired) electrons. The summed E-state index contributed by atoms with van der Waals surface area (Å²) in [5, 5.41) is 28.1. The lowest BCUT2D eigenvalue weighted by atomic mass is 10.2. The number of carbonyl (C=O) groups is 1. The van der Waals surface area contributed by atoms with E-state index in [1.54, 1.807) is 0 Å². The van der Waals surface area contributed by atoms with Crippen LogP contribution in [0.5, 0.6) is 0 Å². The normalized spacial score (nSPS) is 10.3. The summed E-state index contributed by atoms with van der Waals surface area (Å²) in [4.78, 5) is 32.8. The third-order valence-electron chi connectivity index (χ3n) is 2.94. The Bertz CT molecular complexity index is 782. The Morgan fingerprint density at radius 1 is 1.23 bits per heavy atom. The quantitative estimate of drug-likeness (QED) is 0.676. The highest BCUT2D eigenvalue weighted by Crippen LogP contribution is 2.27. The molecule has 1 aromatic carbocycles. The van der Waals surface area contributed by atoms with Crippen LogP contribution in [0, 0.1) is 27.2 Å². The van der Waals surface area contributed by atoms with Crippen molar-refractivity contribution in [3.63, 3.8) is 0 Å². The number of carbonyl (C=O) groups excluding carboxylic acids is 1. The minimum atomic E-state index is -0.843. The first-order chi connectivity index (χ1) is 10.3. The molecule has 114 valence electrons. The van der Waals surface area contributed by atoms with Crippen LogP contribution < -0.4 is 5.32 Å². The number of para-hydroxylation sites is 2. The zero-order valence-corrected chi connectivity index (χ0v) is 11.6. The SMILES string of the molecule is Cc1nn(C)c(C(=O)Nc2ccccc2[N+](=O)[O-])c1[N+](=O)[O-]. The van der Waals surface area contributed by atoms with Crippen molar-refractivity contribution in [2.24, 2.45) is 7.05 Å². The first kappa shape index (κ1) is 15.1. The van der Waals surface area contributed by atoms with E-state index in [-0.39, 0.29) is 22.8 Å². The van der Waals surface area contributed by atoms with Gasteiger partial charge in [-0.1, -0.05) is 12.1 Å². The van der Waals surface area contributed by atoms with Gasteiger partial charge in [-0.15, -0.1) is 0 Å². The summed E-state index contributed by atoms with van der Waals surface area (Å²) < 4.78 is 1.07. The Kier molecular flexibility index (Phi) is 3.84. The summed E-state index contributed by atoms with van der Waals surface area (Å²) in [6.07, 6.45) is 0. The van der Waals surface area contributed by atoms with Gasteiger partial charge in [-0.3, -0.25) is 29.7 Å². The average molecular weight is 305 g/mol. The number of aryl methyl sites for hydroxylation is 2. The van der Waals surface area contributed by atoms with E-state index in [2.05, 4.69) is 10.4 Å². The molecule has 0 bridgehead atoms. The second-order valence-corrected chi connectivity index (χ2v) is 4.39. The van der Waals surface area contributed by atoms with Gasteiger partial charge in [-0.25, -0.2) is 0 Å². The molecule has 0 unspecified atom stereocenters. The summed E-state index contributed by atoms with van der Waals surface area (Å²) in [6, 6.07) is 5.51. The van der Waals surface area contributed by atoms with Crippen LogP contribution in [-0.4, -0.2) is 25.5 Å². The van der Waals surface area contributed by atoms with Crippen molar-refractivity contribution in [3.8, 4) is 0 Å². The van der Waals surface area contributed by atoms with E-state index in [9.17, 15) is 25.0 Å². The second kappa shape index (κ2) is 5.60. The zero-order valence-electron chi connectivity index (χ0n) is 11.6. The minimum absolute atomic E-state index is 0.0503. The van der Waals surface area contributed by atoms with Crippen LogP contribution in [0.3, 0.4) is 0 Å². The van der Waals surface area contributed by atoms with Gasteiger partial charge in [-0.2, -0.15) is 5.10 Å². The van der Waals surface area contributed by atoms with Gasteiger partial charge < -0.3 is 5.32 Å². The number of benzene rings is 1. The lowest BCUT2D eigenvalue weighted by Crippen LogP contribution is -2.18. The van der Waals surface area contributed by atoms with E-state index < -0.39 is 21.4 Å². The number of aromatic nitrogens is 2. The third-order valence-corrected chi connectivity index (χ3v) is 2.94. The fraction of sp³-hybridized carbons (Fsp3) is 0.167. The fourth-order valence-electron chi connectivity index (χ4n) is 2.04. The van der Waals surface area contributed by atoms with Crippen molar-refractivity contribution in [2.45, 2.75) is 6.92 Å². The van der Waals surface area contributed by atoms with Crippen molar-refractivity contribution in [2.75, 3.05) is 5.32 Å². The number of hydrogen-bond acceptors (Lipinski definition) is 6. The van der Waals surface area contributed by atoms with Gasteiger partial charge in [0.05, 0.1) is 9.85 Å². The molecule has 0 fully saturated rings. The Balaban J connectivity index is 2.43. The second-order valence-electron chi connectivity index (χ2n) is 4.39. The molecule has 10 nitrogen and oxygen atoms in total. The van der Waals surface area contributed by atoms with Crippen LogP contribution in [0.1, 0.15) is 16.2 Å². The summed E-state index contributed by atoms with van der Waals surface area (Å²) in [5.41, 5.74) is -0.984. The van der Waals surface area contributed by atoms with Crippen LogP contribution in [0.25, 0.3) is 0 Å². The van der Waals surface area contributed by atoms with Crippen LogP contribution >= 0.6 is 0 Å². The van der Waals surface area contributed by atoms with Crippen molar-refractivity contribution in [1.82, 2.24) is 9.78 Å². The van der Waals surface area contributed by atoms with Crippen molar-refractivity contribution in [1.29, 1.82) is 0 Å². The minimum Gasteiger partial charge on any atom is -0.315 e. The molecule has 0 saturated carbocycles. The summed E-state index contributed by atoms with van der Waals surface area (Å²) in [7, 11) is 1.38. The molecule has 0 aliphatic carbocycles. The lowest BCUT2D eigenvalue weighted by Gasteiger charge is -2.05. The van der Waals surface area contributed by atoms with E-state index in [1.165, 1.54) is 38.2 Å². The number of amides is 1. The maximum Gasteiger partial charge on any atom is 0.322 e. The highest BCUT2D eigenvalue weighted by Gasteiger charge is 2.30. The van der Waals surface area contributed by atoms with Gasteiger partial charge in [0, 0.05) is 13.1 Å². The molecular weight excluding hydrogens is 294 g/mol. The molecule has 1 amide bonds. The maximum absolute atomic E-state index is 12.2. The standard InChI is InChI=1S/C12H11N5O5/c1-7-10(17(21)22)11(15(2)14-7)12(18)13-8-5-3-4-6-9(8)16(19)20/h3-6H,1-2H3,(H,13,18). The maximum atomic E-state index is 12.2. The average Bonchev–Trinajstić information content (AvgIpc) is 2.73. The predicted octanol–water partition coefficient (Wildman–Crippen LogP) is 1.80. The van der Waals surface area contributed by atoms with Gasteiger partial charge in [0.15, 0.2) is 0 Å². The van der Waals surface area contributed by atoms with Crippen molar-refractivity contribution in [3.05, 3.63) is 55.9 Å². The number of rotatable bonds is 4. The summed E-state index contributed by atoms with van der Waals surface area (Å²) in [6.45, 7) is 1.40.